The van der Waals surface area contributed by atoms with E-state index in [0.29, 0.717) is 6.54 Å². The monoisotopic (exact) mass is 342 g/mol. The topological polar surface area (TPSA) is 41.1 Å². The van der Waals surface area contributed by atoms with Gasteiger partial charge in [0.15, 0.2) is 0 Å². The Hall–Kier alpha value is 0.250. The second-order valence-corrected chi connectivity index (χ2v) is 6.16. The smallest absolute Gasteiger partial charge is 0.238 e. The minimum absolute atomic E-state index is 0. The van der Waals surface area contributed by atoms with Crippen molar-refractivity contribution in [3.05, 3.63) is 20.8 Å². The van der Waals surface area contributed by atoms with Gasteiger partial charge in [-0.25, -0.2) is 0 Å². The molecule has 1 aromatic rings. The van der Waals surface area contributed by atoms with Gasteiger partial charge in [0, 0.05) is 26.4 Å². The number of carbonyl (C=O) groups excluding carboxylic acids is 1. The Morgan fingerprint density at radius 3 is 3.06 bits per heavy atom. The molecule has 1 saturated heterocycles. The molecule has 7 heteroatoms. The Bertz CT molecular complexity index is 355. The van der Waals surface area contributed by atoms with E-state index < -0.39 is 0 Å². The quantitative estimate of drug-likeness (QED) is 0.884. The summed E-state index contributed by atoms with van der Waals surface area (Å²) in [7, 11) is 0. The van der Waals surface area contributed by atoms with Crippen molar-refractivity contribution in [1.82, 2.24) is 10.6 Å². The van der Waals surface area contributed by atoms with Crippen molar-refractivity contribution in [2.75, 3.05) is 11.6 Å². The van der Waals surface area contributed by atoms with Gasteiger partial charge in [0.2, 0.25) is 5.91 Å². The van der Waals surface area contributed by atoms with Gasteiger partial charge in [-0.2, -0.15) is 0 Å². The first-order valence-electron chi connectivity index (χ1n) is 4.57. The van der Waals surface area contributed by atoms with Crippen LogP contribution >= 0.6 is 51.4 Å². The highest BCUT2D eigenvalue weighted by Gasteiger charge is 2.21. The van der Waals surface area contributed by atoms with Gasteiger partial charge < -0.3 is 5.32 Å². The molecule has 1 atom stereocenters. The molecule has 1 amide bonds. The molecule has 0 aromatic carbocycles. The van der Waals surface area contributed by atoms with E-state index in [1.165, 1.54) is 4.88 Å². The first-order valence-corrected chi connectivity index (χ1v) is 7.40. The third-order valence-electron chi connectivity index (χ3n) is 2.09. The van der Waals surface area contributed by atoms with Crippen LogP contribution in [0.2, 0.25) is 0 Å². The molecule has 90 valence electrons. The fraction of sp³-hybridized carbons (Fsp3) is 0.444. The highest BCUT2D eigenvalue weighted by molar-refractivity contribution is 9.10. The lowest BCUT2D eigenvalue weighted by molar-refractivity contribution is -0.122. The fourth-order valence-electron chi connectivity index (χ4n) is 1.31. The van der Waals surface area contributed by atoms with Crippen LogP contribution in [0.4, 0.5) is 0 Å². The first-order chi connectivity index (χ1) is 7.25. The molecule has 0 bridgehead atoms. The Kier molecular flexibility index (Phi) is 6.13. The lowest BCUT2D eigenvalue weighted by Crippen LogP contribution is -2.41. The van der Waals surface area contributed by atoms with Crippen LogP contribution in [-0.4, -0.2) is 23.6 Å². The molecule has 3 nitrogen and oxygen atoms in total. The Morgan fingerprint density at radius 1 is 1.69 bits per heavy atom. The summed E-state index contributed by atoms with van der Waals surface area (Å²) < 4.78 is 1.08. The highest BCUT2D eigenvalue weighted by Crippen LogP contribution is 2.19. The number of amides is 1. The van der Waals surface area contributed by atoms with Gasteiger partial charge in [0.05, 0.1) is 12.6 Å². The predicted molar refractivity (Wildman–Crippen MR) is 75.4 cm³/mol. The normalized spacial score (nSPS) is 19.2. The minimum atomic E-state index is -0.0154. The number of hydrogen-bond donors (Lipinski definition) is 2. The average Bonchev–Trinajstić information content (AvgIpc) is 2.84. The van der Waals surface area contributed by atoms with Gasteiger partial charge in [-0.3, -0.25) is 10.1 Å². The van der Waals surface area contributed by atoms with Gasteiger partial charge in [-0.15, -0.1) is 35.5 Å². The summed E-state index contributed by atoms with van der Waals surface area (Å²) in [5, 5.41) is 8.09. The van der Waals surface area contributed by atoms with Crippen LogP contribution in [0.15, 0.2) is 15.9 Å². The van der Waals surface area contributed by atoms with Crippen molar-refractivity contribution >= 4 is 57.3 Å². The third-order valence-corrected chi connectivity index (χ3v) is 4.73. The van der Waals surface area contributed by atoms with E-state index in [9.17, 15) is 4.79 Å². The van der Waals surface area contributed by atoms with Crippen molar-refractivity contribution in [2.45, 2.75) is 12.6 Å². The zero-order valence-electron chi connectivity index (χ0n) is 8.36. The molecule has 2 N–H and O–H groups in total. The molecule has 0 saturated carbocycles. The Labute approximate surface area is 117 Å². The average molecular weight is 344 g/mol. The lowest BCUT2D eigenvalue weighted by atomic mass is 10.3. The standard InChI is InChI=1S/C9H11BrN2OS2.ClH/c10-6-1-7(15-3-6)2-11-9(13)8-4-14-5-12-8;/h1,3,8,12H,2,4-5H2,(H,11,13);1H/t8-;/m1./s1. The van der Waals surface area contributed by atoms with Crippen LogP contribution in [0.5, 0.6) is 0 Å². The predicted octanol–water partition coefficient (Wildman–Crippen LogP) is 2.21. The summed E-state index contributed by atoms with van der Waals surface area (Å²) >= 11 is 6.79. The molecular weight excluding hydrogens is 332 g/mol. The van der Waals surface area contributed by atoms with E-state index in [2.05, 4.69) is 26.6 Å². The van der Waals surface area contributed by atoms with Crippen LogP contribution in [0, 0.1) is 0 Å². The number of halogens is 2. The van der Waals surface area contributed by atoms with Gasteiger partial charge in [-0.05, 0) is 22.0 Å². The van der Waals surface area contributed by atoms with E-state index >= 15 is 0 Å². The summed E-state index contributed by atoms with van der Waals surface area (Å²) in [5.41, 5.74) is 0. The van der Waals surface area contributed by atoms with E-state index in [1.54, 1.807) is 23.1 Å². The molecule has 1 aromatic heterocycles. The lowest BCUT2D eigenvalue weighted by Gasteiger charge is -2.09. The molecule has 2 heterocycles. The van der Waals surface area contributed by atoms with Crippen molar-refractivity contribution in [3.63, 3.8) is 0 Å². The van der Waals surface area contributed by atoms with Crippen LogP contribution in [0.3, 0.4) is 0 Å². The first kappa shape index (κ1) is 14.3. The maximum atomic E-state index is 11.6. The fourth-order valence-corrected chi connectivity index (χ4v) is 3.64. The summed E-state index contributed by atoms with van der Waals surface area (Å²) in [6.45, 7) is 0.623. The molecule has 0 aliphatic carbocycles. The van der Waals surface area contributed by atoms with Gasteiger partial charge in [-0.1, -0.05) is 0 Å². The number of thiophene rings is 1. The summed E-state index contributed by atoms with van der Waals surface area (Å²) in [5.74, 6) is 1.85. The van der Waals surface area contributed by atoms with Crippen LogP contribution in [-0.2, 0) is 11.3 Å². The van der Waals surface area contributed by atoms with Crippen LogP contribution < -0.4 is 10.6 Å². The molecule has 0 unspecified atom stereocenters. The maximum Gasteiger partial charge on any atom is 0.238 e. The molecule has 1 aliphatic rings. The summed E-state index contributed by atoms with van der Waals surface area (Å²) in [4.78, 5) is 12.8. The molecule has 16 heavy (non-hydrogen) atoms. The maximum absolute atomic E-state index is 11.6. The second kappa shape index (κ2) is 6.86. The molecule has 0 radical (unpaired) electrons. The number of nitrogens with one attached hydrogen (secondary N) is 2. The third kappa shape index (κ3) is 3.92. The van der Waals surface area contributed by atoms with Gasteiger partial charge in [0.1, 0.15) is 0 Å². The van der Waals surface area contributed by atoms with E-state index in [-0.39, 0.29) is 24.4 Å². The molecule has 2 rings (SSSR count). The number of hydrogen-bond acceptors (Lipinski definition) is 4. The SMILES string of the molecule is Cl.O=C(NCc1cc(Br)cs1)[C@H]1CSCN1. The van der Waals surface area contributed by atoms with E-state index in [4.69, 9.17) is 0 Å². The van der Waals surface area contributed by atoms with Crippen molar-refractivity contribution in [1.29, 1.82) is 0 Å². The summed E-state index contributed by atoms with van der Waals surface area (Å²) in [6, 6.07) is 2.01. The largest absolute Gasteiger partial charge is 0.350 e. The van der Waals surface area contributed by atoms with Gasteiger partial charge in [0.25, 0.3) is 0 Å². The Balaban J connectivity index is 0.00000128. The van der Waals surface area contributed by atoms with Crippen molar-refractivity contribution in [3.8, 4) is 0 Å². The highest BCUT2D eigenvalue weighted by atomic mass is 79.9. The second-order valence-electron chi connectivity index (χ2n) is 3.22. The van der Waals surface area contributed by atoms with Crippen LogP contribution in [0.25, 0.3) is 0 Å². The summed E-state index contributed by atoms with van der Waals surface area (Å²) in [6.07, 6.45) is 0. The Morgan fingerprint density at radius 2 is 2.50 bits per heavy atom. The van der Waals surface area contributed by atoms with E-state index in [1.807, 2.05) is 11.4 Å². The van der Waals surface area contributed by atoms with Gasteiger partial charge >= 0.3 is 0 Å². The zero-order chi connectivity index (χ0) is 10.7. The number of thioether (sulfide) groups is 1. The molecule has 1 aliphatic heterocycles. The van der Waals surface area contributed by atoms with Crippen LogP contribution in [0.1, 0.15) is 4.88 Å². The molecular formula is C9H12BrClN2OS2. The molecule has 0 spiro atoms. The van der Waals surface area contributed by atoms with Crippen molar-refractivity contribution in [2.24, 2.45) is 0 Å². The van der Waals surface area contributed by atoms with E-state index in [0.717, 1.165) is 16.1 Å². The number of carbonyl (C=O) groups is 1. The minimum Gasteiger partial charge on any atom is -0.350 e. The number of rotatable bonds is 3. The van der Waals surface area contributed by atoms with Crippen molar-refractivity contribution < 1.29 is 4.79 Å². The zero-order valence-corrected chi connectivity index (χ0v) is 12.4. The molecule has 1 fully saturated rings.